The van der Waals surface area contributed by atoms with Gasteiger partial charge in [0.25, 0.3) is 0 Å². The molecule has 0 radical (unpaired) electrons. The number of hydrogen-bond acceptors (Lipinski definition) is 7. The highest BCUT2D eigenvalue weighted by atomic mass is 32.1. The predicted molar refractivity (Wildman–Crippen MR) is 108 cm³/mol. The van der Waals surface area contributed by atoms with E-state index in [4.69, 9.17) is 14.5 Å². The Kier molecular flexibility index (Phi) is 4.34. The topological polar surface area (TPSA) is 69.2 Å². The number of ether oxygens (including phenoxy) is 2. The molecule has 7 heteroatoms. The van der Waals surface area contributed by atoms with E-state index in [1.807, 2.05) is 54.0 Å². The summed E-state index contributed by atoms with van der Waals surface area (Å²) in [4.78, 5) is 14.7. The van der Waals surface area contributed by atoms with E-state index in [0.29, 0.717) is 12.5 Å². The minimum Gasteiger partial charge on any atom is -0.454 e. The van der Waals surface area contributed by atoms with Crippen molar-refractivity contribution in [1.82, 2.24) is 15.0 Å². The molecule has 0 saturated heterocycles. The Bertz CT molecular complexity index is 1100. The van der Waals surface area contributed by atoms with Crippen LogP contribution in [0.5, 0.6) is 11.5 Å². The van der Waals surface area contributed by atoms with Crippen LogP contribution in [0.3, 0.4) is 0 Å². The van der Waals surface area contributed by atoms with Crippen molar-refractivity contribution in [3.8, 4) is 33.2 Å². The van der Waals surface area contributed by atoms with Gasteiger partial charge in [-0.2, -0.15) is 0 Å². The van der Waals surface area contributed by atoms with Gasteiger partial charge in [0, 0.05) is 18.0 Å². The van der Waals surface area contributed by atoms with E-state index in [-0.39, 0.29) is 6.79 Å². The quantitative estimate of drug-likeness (QED) is 0.538. The van der Waals surface area contributed by atoms with E-state index in [1.165, 1.54) is 0 Å². The first-order chi connectivity index (χ1) is 13.9. The molecular formula is C21H16N4O2S. The summed E-state index contributed by atoms with van der Waals surface area (Å²) in [6.07, 6.45) is 3.62. The fraction of sp³-hybridized carbons (Fsp3) is 0.0952. The third-order valence-electron chi connectivity index (χ3n) is 4.38. The van der Waals surface area contributed by atoms with Crippen molar-refractivity contribution < 1.29 is 9.47 Å². The van der Waals surface area contributed by atoms with Crippen molar-refractivity contribution in [2.75, 3.05) is 12.1 Å². The molecule has 1 aromatic carbocycles. The molecule has 0 bridgehead atoms. The first-order valence-corrected chi connectivity index (χ1v) is 9.69. The summed E-state index contributed by atoms with van der Waals surface area (Å²) < 4.78 is 10.9. The molecule has 1 aliphatic rings. The van der Waals surface area contributed by atoms with Gasteiger partial charge < -0.3 is 14.8 Å². The van der Waals surface area contributed by atoms with Gasteiger partial charge in [-0.3, -0.25) is 4.98 Å². The van der Waals surface area contributed by atoms with E-state index in [1.54, 1.807) is 17.5 Å². The number of nitrogens with one attached hydrogen (secondary N) is 1. The molecule has 4 heterocycles. The van der Waals surface area contributed by atoms with E-state index >= 15 is 0 Å². The second kappa shape index (κ2) is 7.28. The lowest BCUT2D eigenvalue weighted by molar-refractivity contribution is 0.174. The number of rotatable bonds is 5. The molecule has 0 fully saturated rings. The zero-order chi connectivity index (χ0) is 18.8. The Balaban J connectivity index is 1.50. The average molecular weight is 388 g/mol. The smallest absolute Gasteiger partial charge is 0.231 e. The Hall–Kier alpha value is -3.45. The molecule has 0 saturated carbocycles. The summed E-state index contributed by atoms with van der Waals surface area (Å²) in [5, 5.41) is 5.30. The van der Waals surface area contributed by atoms with E-state index < -0.39 is 0 Å². The van der Waals surface area contributed by atoms with Gasteiger partial charge >= 0.3 is 0 Å². The molecule has 3 aromatic heterocycles. The van der Waals surface area contributed by atoms with Crippen LogP contribution < -0.4 is 14.8 Å². The highest BCUT2D eigenvalue weighted by Crippen LogP contribution is 2.39. The summed E-state index contributed by atoms with van der Waals surface area (Å²) in [6, 6.07) is 15.8. The molecule has 0 spiro atoms. The molecule has 0 aliphatic carbocycles. The second-order valence-electron chi connectivity index (χ2n) is 6.18. The molecule has 0 atom stereocenters. The Labute approximate surface area is 165 Å². The predicted octanol–water partition coefficient (Wildman–Crippen LogP) is 4.61. The van der Waals surface area contributed by atoms with Gasteiger partial charge in [-0.25, -0.2) is 9.97 Å². The van der Waals surface area contributed by atoms with Crippen LogP contribution >= 0.6 is 11.3 Å². The van der Waals surface area contributed by atoms with E-state index in [2.05, 4.69) is 21.4 Å². The minimum absolute atomic E-state index is 0.253. The highest BCUT2D eigenvalue weighted by Gasteiger charge is 2.17. The molecular weight excluding hydrogens is 372 g/mol. The van der Waals surface area contributed by atoms with Crippen molar-refractivity contribution in [1.29, 1.82) is 0 Å². The number of benzene rings is 1. The fourth-order valence-corrected chi connectivity index (χ4v) is 3.74. The van der Waals surface area contributed by atoms with Crippen LogP contribution in [0.25, 0.3) is 21.7 Å². The maximum Gasteiger partial charge on any atom is 0.231 e. The second-order valence-corrected chi connectivity index (χ2v) is 7.12. The molecule has 4 aromatic rings. The van der Waals surface area contributed by atoms with Gasteiger partial charge in [0.15, 0.2) is 11.5 Å². The molecule has 5 rings (SSSR count). The molecule has 28 heavy (non-hydrogen) atoms. The highest BCUT2D eigenvalue weighted by molar-refractivity contribution is 7.13. The Morgan fingerprint density at radius 3 is 2.82 bits per heavy atom. The van der Waals surface area contributed by atoms with Crippen LogP contribution in [0, 0.1) is 0 Å². The number of nitrogens with zero attached hydrogens (tertiary/aromatic N) is 3. The van der Waals surface area contributed by atoms with Crippen molar-refractivity contribution in [2.45, 2.75) is 6.54 Å². The van der Waals surface area contributed by atoms with Crippen LogP contribution in [0.2, 0.25) is 0 Å². The van der Waals surface area contributed by atoms with Gasteiger partial charge in [-0.05, 0) is 41.3 Å². The lowest BCUT2D eigenvalue weighted by atomic mass is 10.0. The number of fused-ring (bicyclic) bond motifs is 1. The maximum atomic E-state index is 5.52. The van der Waals surface area contributed by atoms with Crippen molar-refractivity contribution in [3.63, 3.8) is 0 Å². The van der Waals surface area contributed by atoms with Crippen molar-refractivity contribution in [3.05, 3.63) is 72.0 Å². The van der Waals surface area contributed by atoms with Gasteiger partial charge in [-0.1, -0.05) is 18.2 Å². The lowest BCUT2D eigenvalue weighted by Gasteiger charge is -2.11. The van der Waals surface area contributed by atoms with E-state index in [0.717, 1.165) is 38.9 Å². The zero-order valence-electron chi connectivity index (χ0n) is 14.8. The molecule has 0 amide bonds. The third kappa shape index (κ3) is 3.27. The number of hydrogen-bond donors (Lipinski definition) is 1. The number of thiophene rings is 1. The SMILES string of the molecule is c1ccc(CNc2ncc(-c3ccc4c(c3)OCO4)c(-c3cccs3)n2)nc1. The summed E-state index contributed by atoms with van der Waals surface area (Å²) in [7, 11) is 0. The monoisotopic (exact) mass is 388 g/mol. The van der Waals surface area contributed by atoms with Crippen LogP contribution in [-0.4, -0.2) is 21.7 Å². The summed E-state index contributed by atoms with van der Waals surface area (Å²) in [5.74, 6) is 2.07. The first kappa shape index (κ1) is 16.7. The molecule has 1 N–H and O–H groups in total. The summed E-state index contributed by atoms with van der Waals surface area (Å²) >= 11 is 1.65. The van der Waals surface area contributed by atoms with E-state index in [9.17, 15) is 0 Å². The molecule has 1 aliphatic heterocycles. The molecule has 138 valence electrons. The fourth-order valence-electron chi connectivity index (χ4n) is 3.02. The third-order valence-corrected chi connectivity index (χ3v) is 5.26. The lowest BCUT2D eigenvalue weighted by Crippen LogP contribution is -2.05. The van der Waals surface area contributed by atoms with Crippen LogP contribution in [0.15, 0.2) is 66.3 Å². The number of aromatic nitrogens is 3. The Morgan fingerprint density at radius 1 is 1.00 bits per heavy atom. The largest absolute Gasteiger partial charge is 0.454 e. The van der Waals surface area contributed by atoms with Crippen molar-refractivity contribution >= 4 is 17.3 Å². The van der Waals surface area contributed by atoms with Crippen molar-refractivity contribution in [2.24, 2.45) is 0 Å². The Morgan fingerprint density at radius 2 is 1.96 bits per heavy atom. The first-order valence-electron chi connectivity index (χ1n) is 8.81. The van der Waals surface area contributed by atoms with Gasteiger partial charge in [0.05, 0.1) is 22.8 Å². The van der Waals surface area contributed by atoms with Gasteiger partial charge in [0.1, 0.15) is 0 Å². The van der Waals surface area contributed by atoms with Gasteiger partial charge in [-0.15, -0.1) is 11.3 Å². The summed E-state index contributed by atoms with van der Waals surface area (Å²) in [5.41, 5.74) is 3.75. The maximum absolute atomic E-state index is 5.52. The molecule has 6 nitrogen and oxygen atoms in total. The number of pyridine rings is 1. The zero-order valence-corrected chi connectivity index (χ0v) is 15.6. The normalized spacial score (nSPS) is 12.1. The summed E-state index contributed by atoms with van der Waals surface area (Å²) in [6.45, 7) is 0.817. The van der Waals surface area contributed by atoms with Gasteiger partial charge in [0.2, 0.25) is 12.7 Å². The average Bonchev–Trinajstić information content (AvgIpc) is 3.44. The number of anilines is 1. The molecule has 0 unspecified atom stereocenters. The van der Waals surface area contributed by atoms with Crippen LogP contribution in [0.4, 0.5) is 5.95 Å². The van der Waals surface area contributed by atoms with Crippen LogP contribution in [0.1, 0.15) is 5.69 Å². The minimum atomic E-state index is 0.253. The standard InChI is InChI=1S/C21H16N4O2S/c1-2-8-22-15(4-1)11-23-21-24-12-16(20(25-21)19-5-3-9-28-19)14-6-7-17-18(10-14)27-13-26-17/h1-10,12H,11,13H2,(H,23,24,25). The van der Waals surface area contributed by atoms with Crippen LogP contribution in [-0.2, 0) is 6.54 Å².